The van der Waals surface area contributed by atoms with Crippen LogP contribution in [0.15, 0.2) is 39.2 Å². The van der Waals surface area contributed by atoms with Crippen molar-refractivity contribution >= 4 is 27.6 Å². The van der Waals surface area contributed by atoms with Gasteiger partial charge in [-0.2, -0.15) is 0 Å². The van der Waals surface area contributed by atoms with Crippen molar-refractivity contribution in [3.63, 3.8) is 0 Å². The largest absolute Gasteiger partial charge is 0.346 e. The molecule has 0 unspecified atom stereocenters. The second-order valence-corrected chi connectivity index (χ2v) is 9.85. The normalized spacial score (nSPS) is 14.9. The van der Waals surface area contributed by atoms with Gasteiger partial charge in [0.15, 0.2) is 16.3 Å². The zero-order valence-electron chi connectivity index (χ0n) is 20.0. The zero-order valence-corrected chi connectivity index (χ0v) is 20.8. The van der Waals surface area contributed by atoms with Crippen molar-refractivity contribution in [1.29, 1.82) is 0 Å². The lowest BCUT2D eigenvalue weighted by molar-refractivity contribution is 0.241. The average Bonchev–Trinajstić information content (AvgIpc) is 3.41. The molecule has 178 valence electrons. The quantitative estimate of drug-likeness (QED) is 0.435. The Morgan fingerprint density at radius 1 is 0.971 bits per heavy atom. The topological polar surface area (TPSA) is 81.2 Å². The predicted molar refractivity (Wildman–Crippen MR) is 135 cm³/mol. The number of benzene rings is 1. The van der Waals surface area contributed by atoms with Crippen LogP contribution in [-0.4, -0.2) is 54.7 Å². The van der Waals surface area contributed by atoms with Crippen LogP contribution < -0.4 is 16.1 Å². The monoisotopic (exact) mass is 479 g/mol. The maximum absolute atomic E-state index is 13.1. The Balaban J connectivity index is 1.49. The molecule has 5 rings (SSSR count). The van der Waals surface area contributed by atoms with E-state index in [0.717, 1.165) is 58.5 Å². The minimum absolute atomic E-state index is 0.312. The zero-order chi connectivity index (χ0) is 24.0. The summed E-state index contributed by atoms with van der Waals surface area (Å²) in [5.41, 5.74) is 3.55. The van der Waals surface area contributed by atoms with Gasteiger partial charge in [0, 0.05) is 52.2 Å². The van der Waals surface area contributed by atoms with Gasteiger partial charge in [0.05, 0.1) is 12.2 Å². The summed E-state index contributed by atoms with van der Waals surface area (Å²) in [6, 6.07) is 8.26. The van der Waals surface area contributed by atoms with Crippen molar-refractivity contribution < 1.29 is 0 Å². The molecular weight excluding hydrogens is 450 g/mol. The fourth-order valence-corrected chi connectivity index (χ4v) is 5.42. The molecule has 34 heavy (non-hydrogen) atoms. The first-order valence-corrected chi connectivity index (χ1v) is 12.3. The summed E-state index contributed by atoms with van der Waals surface area (Å²) in [5, 5.41) is 3.16. The van der Waals surface area contributed by atoms with Gasteiger partial charge in [-0.25, -0.2) is 14.8 Å². The first-order valence-electron chi connectivity index (χ1n) is 11.4. The molecule has 0 amide bonds. The van der Waals surface area contributed by atoms with Crippen molar-refractivity contribution in [3.05, 3.63) is 73.1 Å². The molecule has 10 heteroatoms. The summed E-state index contributed by atoms with van der Waals surface area (Å²) < 4.78 is 4.62. The maximum atomic E-state index is 13.1. The number of rotatable bonds is 5. The number of aromatic nitrogens is 5. The molecule has 3 aromatic heterocycles. The minimum Gasteiger partial charge on any atom is -0.346 e. The Bertz CT molecular complexity index is 1470. The highest BCUT2D eigenvalue weighted by molar-refractivity contribution is 7.13. The minimum atomic E-state index is -0.364. The summed E-state index contributed by atoms with van der Waals surface area (Å²) >= 11 is 1.69. The van der Waals surface area contributed by atoms with E-state index in [-0.39, 0.29) is 11.2 Å². The van der Waals surface area contributed by atoms with E-state index in [4.69, 9.17) is 4.98 Å². The Morgan fingerprint density at radius 3 is 2.41 bits per heavy atom. The SMILES string of the molecule is Cc1cccc(Cn2c(CN3CCN(c4nc(C)cs4)CC3)nc3c2c(=O)n(C)c(=O)n3C)c1. The van der Waals surface area contributed by atoms with E-state index < -0.39 is 0 Å². The second-order valence-electron chi connectivity index (χ2n) is 9.02. The van der Waals surface area contributed by atoms with Crippen LogP contribution in [0.2, 0.25) is 0 Å². The summed E-state index contributed by atoms with van der Waals surface area (Å²) in [5.74, 6) is 0.799. The molecular formula is C24H29N7O2S. The number of anilines is 1. The maximum Gasteiger partial charge on any atom is 0.332 e. The van der Waals surface area contributed by atoms with E-state index in [1.807, 2.05) is 17.6 Å². The standard InChI is InChI=1S/C24H29N7O2S/c1-16-6-5-7-18(12-16)13-31-19(26-21-20(31)22(32)28(4)24(33)27(21)3)14-29-8-10-30(11-9-29)23-25-17(2)15-34-23/h5-7,12,15H,8-11,13-14H2,1-4H3. The second kappa shape index (κ2) is 8.84. The number of piperazine rings is 1. The molecule has 4 heterocycles. The molecule has 1 saturated heterocycles. The summed E-state index contributed by atoms with van der Waals surface area (Å²) in [6.45, 7) is 8.76. The number of nitrogens with zero attached hydrogens (tertiary/aromatic N) is 7. The van der Waals surface area contributed by atoms with E-state index >= 15 is 0 Å². The first-order chi connectivity index (χ1) is 16.3. The van der Waals surface area contributed by atoms with Crippen LogP contribution in [0.25, 0.3) is 11.2 Å². The van der Waals surface area contributed by atoms with Crippen LogP contribution in [0.5, 0.6) is 0 Å². The van der Waals surface area contributed by atoms with Crippen molar-refractivity contribution in [2.75, 3.05) is 31.1 Å². The number of hydrogen-bond acceptors (Lipinski definition) is 7. The summed E-state index contributed by atoms with van der Waals surface area (Å²) in [4.78, 5) is 39.8. The van der Waals surface area contributed by atoms with E-state index in [1.54, 1.807) is 18.4 Å². The number of imidazole rings is 1. The molecule has 0 spiro atoms. The van der Waals surface area contributed by atoms with Gasteiger partial charge in [-0.05, 0) is 19.4 Å². The van der Waals surface area contributed by atoms with Gasteiger partial charge < -0.3 is 9.47 Å². The third-order valence-corrected chi connectivity index (χ3v) is 7.48. The average molecular weight is 480 g/mol. The molecule has 1 aliphatic rings. The lowest BCUT2D eigenvalue weighted by atomic mass is 10.1. The molecule has 0 N–H and O–H groups in total. The van der Waals surface area contributed by atoms with Gasteiger partial charge in [0.25, 0.3) is 5.56 Å². The van der Waals surface area contributed by atoms with Crippen LogP contribution in [0, 0.1) is 13.8 Å². The predicted octanol–water partition coefficient (Wildman–Crippen LogP) is 1.88. The van der Waals surface area contributed by atoms with Gasteiger partial charge >= 0.3 is 5.69 Å². The smallest absolute Gasteiger partial charge is 0.332 e. The molecule has 1 aliphatic heterocycles. The molecule has 0 saturated carbocycles. The molecule has 0 aliphatic carbocycles. The van der Waals surface area contributed by atoms with E-state index in [1.165, 1.54) is 11.6 Å². The summed E-state index contributed by atoms with van der Waals surface area (Å²) in [6.07, 6.45) is 0. The highest BCUT2D eigenvalue weighted by Crippen LogP contribution is 2.22. The van der Waals surface area contributed by atoms with Crippen LogP contribution in [-0.2, 0) is 27.2 Å². The van der Waals surface area contributed by atoms with Crippen LogP contribution >= 0.6 is 11.3 Å². The molecule has 0 radical (unpaired) electrons. The van der Waals surface area contributed by atoms with E-state index in [9.17, 15) is 9.59 Å². The van der Waals surface area contributed by atoms with Crippen LogP contribution in [0.1, 0.15) is 22.6 Å². The van der Waals surface area contributed by atoms with Gasteiger partial charge in [-0.15, -0.1) is 11.3 Å². The molecule has 9 nitrogen and oxygen atoms in total. The van der Waals surface area contributed by atoms with Gasteiger partial charge in [-0.3, -0.25) is 18.8 Å². The Kier molecular flexibility index (Phi) is 5.86. The lowest BCUT2D eigenvalue weighted by Crippen LogP contribution is -2.46. The van der Waals surface area contributed by atoms with Crippen molar-refractivity contribution in [3.8, 4) is 0 Å². The van der Waals surface area contributed by atoms with Gasteiger partial charge in [-0.1, -0.05) is 29.8 Å². The van der Waals surface area contributed by atoms with Crippen molar-refractivity contribution in [2.24, 2.45) is 14.1 Å². The molecule has 4 aromatic rings. The van der Waals surface area contributed by atoms with Crippen molar-refractivity contribution in [1.82, 2.24) is 28.6 Å². The fourth-order valence-electron chi connectivity index (χ4n) is 4.56. The number of fused-ring (bicyclic) bond motifs is 1. The fraction of sp³-hybridized carbons (Fsp3) is 0.417. The van der Waals surface area contributed by atoms with Crippen molar-refractivity contribution in [2.45, 2.75) is 26.9 Å². The van der Waals surface area contributed by atoms with Crippen LogP contribution in [0.3, 0.4) is 0 Å². The molecule has 1 fully saturated rings. The Labute approximate surface area is 201 Å². The molecule has 0 atom stereocenters. The Hall–Kier alpha value is -3.24. The Morgan fingerprint density at radius 2 is 1.74 bits per heavy atom. The number of hydrogen-bond donors (Lipinski definition) is 0. The highest BCUT2D eigenvalue weighted by atomic mass is 32.1. The van der Waals surface area contributed by atoms with Crippen LogP contribution in [0.4, 0.5) is 5.13 Å². The number of aryl methyl sites for hydroxylation is 3. The third kappa shape index (κ3) is 4.07. The highest BCUT2D eigenvalue weighted by Gasteiger charge is 2.24. The third-order valence-electron chi connectivity index (χ3n) is 6.46. The molecule has 1 aromatic carbocycles. The molecule has 0 bridgehead atoms. The number of thiazole rings is 1. The first kappa shape index (κ1) is 22.5. The lowest BCUT2D eigenvalue weighted by Gasteiger charge is -2.34. The van der Waals surface area contributed by atoms with E-state index in [0.29, 0.717) is 24.3 Å². The van der Waals surface area contributed by atoms with E-state index in [2.05, 4.69) is 45.3 Å². The van der Waals surface area contributed by atoms with Gasteiger partial charge in [0.1, 0.15) is 5.82 Å². The van der Waals surface area contributed by atoms with Gasteiger partial charge in [0.2, 0.25) is 0 Å². The summed E-state index contributed by atoms with van der Waals surface area (Å²) in [7, 11) is 3.19.